The molecule has 470 valence electrons. The van der Waals surface area contributed by atoms with Crippen LogP contribution in [0.2, 0.25) is 0 Å². The molecule has 6 nitrogen and oxygen atoms in total. The largest absolute Gasteiger partial charge is 0.462 e. The van der Waals surface area contributed by atoms with Gasteiger partial charge in [-0.1, -0.05) is 316 Å². The Hall–Kier alpha value is -3.93. The molecule has 0 N–H and O–H groups in total. The van der Waals surface area contributed by atoms with E-state index in [0.717, 1.165) is 116 Å². The third kappa shape index (κ3) is 66.9. The van der Waals surface area contributed by atoms with Gasteiger partial charge in [-0.2, -0.15) is 0 Å². The predicted octanol–water partition coefficient (Wildman–Crippen LogP) is 24.2. The van der Waals surface area contributed by atoms with E-state index in [4.69, 9.17) is 14.2 Å². The maximum Gasteiger partial charge on any atom is 0.306 e. The number of rotatable bonds is 63. The average molecular weight is 1140 g/mol. The van der Waals surface area contributed by atoms with Crippen molar-refractivity contribution >= 4 is 17.9 Å². The molecule has 1 atom stereocenters. The Morgan fingerprint density at radius 3 is 0.744 bits per heavy atom. The van der Waals surface area contributed by atoms with E-state index in [0.29, 0.717) is 19.3 Å². The van der Waals surface area contributed by atoms with Crippen LogP contribution in [0.1, 0.15) is 335 Å². The van der Waals surface area contributed by atoms with Crippen molar-refractivity contribution in [1.82, 2.24) is 0 Å². The number of allylic oxidation sites excluding steroid dienone is 18. The molecule has 0 fully saturated rings. The van der Waals surface area contributed by atoms with Gasteiger partial charge in [0.2, 0.25) is 0 Å². The lowest BCUT2D eigenvalue weighted by atomic mass is 10.0. The summed E-state index contributed by atoms with van der Waals surface area (Å²) in [4.78, 5) is 38.2. The van der Waals surface area contributed by atoms with Crippen LogP contribution in [-0.2, 0) is 28.6 Å². The maximum atomic E-state index is 12.9. The number of hydrogen-bond donors (Lipinski definition) is 0. The fourth-order valence-electron chi connectivity index (χ4n) is 9.81. The Kier molecular flexibility index (Phi) is 66.2. The molecule has 0 heterocycles. The van der Waals surface area contributed by atoms with Gasteiger partial charge in [0, 0.05) is 19.3 Å². The van der Waals surface area contributed by atoms with E-state index in [9.17, 15) is 14.4 Å². The Morgan fingerprint density at radius 2 is 0.476 bits per heavy atom. The lowest BCUT2D eigenvalue weighted by Gasteiger charge is -2.18. The first kappa shape index (κ1) is 78.1. The lowest BCUT2D eigenvalue weighted by molar-refractivity contribution is -0.167. The van der Waals surface area contributed by atoms with Crippen molar-refractivity contribution in [3.8, 4) is 0 Å². The molecule has 0 saturated carbocycles. The van der Waals surface area contributed by atoms with Crippen LogP contribution < -0.4 is 0 Å². The Balaban J connectivity index is 4.17. The standard InChI is InChI=1S/C76H130O6/c1-4-7-10-13-16-19-21-23-25-27-29-31-33-35-37-38-40-41-43-45-47-49-51-53-55-57-60-63-66-69-75(78)81-72-73(71-80-74(77)68-65-62-59-18-15-12-9-6-3)82-76(79)70-67-64-61-58-56-54-52-50-48-46-44-42-39-36-34-32-30-28-26-24-22-20-17-14-11-8-5-2/h7,10,16,19,22-25,28-31,35,37,40-41,45,47,73H,4-6,8-9,11-15,17-18,20-21,26-27,32-34,36,38-39,42-44,46,48-72H2,1-3H3/b10-7-,19-16-,24-22-,25-23-,30-28-,31-29-,37-35-,41-40-,47-45-. The molecular formula is C76H130O6. The van der Waals surface area contributed by atoms with Gasteiger partial charge in [-0.25, -0.2) is 0 Å². The Bertz CT molecular complexity index is 1640. The van der Waals surface area contributed by atoms with E-state index in [1.807, 2.05) is 0 Å². The van der Waals surface area contributed by atoms with Gasteiger partial charge in [-0.15, -0.1) is 0 Å². The van der Waals surface area contributed by atoms with Crippen molar-refractivity contribution in [2.24, 2.45) is 0 Å². The first-order chi connectivity index (χ1) is 40.5. The maximum absolute atomic E-state index is 12.9. The van der Waals surface area contributed by atoms with E-state index in [-0.39, 0.29) is 31.1 Å². The third-order valence-electron chi connectivity index (χ3n) is 15.0. The Morgan fingerprint density at radius 1 is 0.256 bits per heavy atom. The number of esters is 3. The Labute approximate surface area is 508 Å². The van der Waals surface area contributed by atoms with Crippen LogP contribution in [0.15, 0.2) is 109 Å². The molecule has 1 unspecified atom stereocenters. The minimum Gasteiger partial charge on any atom is -0.462 e. The summed E-state index contributed by atoms with van der Waals surface area (Å²) < 4.78 is 16.9. The molecule has 0 rings (SSSR count). The summed E-state index contributed by atoms with van der Waals surface area (Å²) in [5.74, 6) is -0.884. The predicted molar refractivity (Wildman–Crippen MR) is 357 cm³/mol. The molecule has 0 aromatic heterocycles. The molecule has 0 amide bonds. The van der Waals surface area contributed by atoms with Crippen LogP contribution in [0.4, 0.5) is 0 Å². The first-order valence-corrected chi connectivity index (χ1v) is 34.9. The molecule has 0 radical (unpaired) electrons. The molecule has 0 bridgehead atoms. The third-order valence-corrected chi connectivity index (χ3v) is 15.0. The van der Waals surface area contributed by atoms with Crippen molar-refractivity contribution in [3.05, 3.63) is 109 Å². The molecule has 0 aromatic rings. The van der Waals surface area contributed by atoms with Crippen LogP contribution >= 0.6 is 0 Å². The van der Waals surface area contributed by atoms with Crippen molar-refractivity contribution in [2.45, 2.75) is 341 Å². The molecule has 0 aliphatic rings. The van der Waals surface area contributed by atoms with Gasteiger partial charge in [-0.3, -0.25) is 14.4 Å². The zero-order chi connectivity index (χ0) is 59.2. The normalized spacial score (nSPS) is 12.8. The number of hydrogen-bond acceptors (Lipinski definition) is 6. The highest BCUT2D eigenvalue weighted by Crippen LogP contribution is 2.17. The summed E-state index contributed by atoms with van der Waals surface area (Å²) in [6.45, 7) is 6.51. The second-order valence-electron chi connectivity index (χ2n) is 23.1. The number of ether oxygens (including phenoxy) is 3. The molecule has 0 aromatic carbocycles. The summed E-state index contributed by atoms with van der Waals surface area (Å²) in [5, 5.41) is 0. The first-order valence-electron chi connectivity index (χ1n) is 34.9. The fourth-order valence-corrected chi connectivity index (χ4v) is 9.81. The molecule has 82 heavy (non-hydrogen) atoms. The van der Waals surface area contributed by atoms with Crippen LogP contribution in [0, 0.1) is 0 Å². The highest BCUT2D eigenvalue weighted by molar-refractivity contribution is 5.71. The average Bonchev–Trinajstić information content (AvgIpc) is 3.47. The number of carbonyl (C=O) groups is 3. The monoisotopic (exact) mass is 1140 g/mol. The molecular weight excluding hydrogens is 1010 g/mol. The summed E-state index contributed by atoms with van der Waals surface area (Å²) in [6, 6.07) is 0. The van der Waals surface area contributed by atoms with Crippen LogP contribution in [0.5, 0.6) is 0 Å². The van der Waals surface area contributed by atoms with E-state index < -0.39 is 6.10 Å². The van der Waals surface area contributed by atoms with Crippen molar-refractivity contribution in [2.75, 3.05) is 13.2 Å². The summed E-state index contributed by atoms with van der Waals surface area (Å²) in [6.07, 6.45) is 95.6. The molecule has 0 aliphatic carbocycles. The summed E-state index contributed by atoms with van der Waals surface area (Å²) in [5.41, 5.74) is 0. The van der Waals surface area contributed by atoms with Crippen molar-refractivity contribution < 1.29 is 28.6 Å². The van der Waals surface area contributed by atoms with Gasteiger partial charge in [0.15, 0.2) is 6.10 Å². The molecule has 0 saturated heterocycles. The van der Waals surface area contributed by atoms with Gasteiger partial charge < -0.3 is 14.2 Å². The smallest absolute Gasteiger partial charge is 0.306 e. The summed E-state index contributed by atoms with van der Waals surface area (Å²) >= 11 is 0. The van der Waals surface area contributed by atoms with Crippen molar-refractivity contribution in [3.63, 3.8) is 0 Å². The quantitative estimate of drug-likeness (QED) is 0.0261. The SMILES string of the molecule is CC/C=C\C/C=C\C/C=C\C/C=C\C/C=C\C/C=C\C/C=C\CCCCCCCCCC(=O)OCC(COC(=O)CCCCCCCCCC)OC(=O)CCCCCCCCCCCCCCCCC/C=C\C/C=C\CCCCCCC. The van der Waals surface area contributed by atoms with Crippen molar-refractivity contribution in [1.29, 1.82) is 0 Å². The lowest BCUT2D eigenvalue weighted by Crippen LogP contribution is -2.30. The topological polar surface area (TPSA) is 78.9 Å². The minimum atomic E-state index is -0.782. The van der Waals surface area contributed by atoms with Crippen LogP contribution in [0.3, 0.4) is 0 Å². The second-order valence-corrected chi connectivity index (χ2v) is 23.1. The minimum absolute atomic E-state index is 0.0792. The zero-order valence-corrected chi connectivity index (χ0v) is 54.0. The molecule has 6 heteroatoms. The molecule has 0 aliphatic heterocycles. The second kappa shape index (κ2) is 69.6. The van der Waals surface area contributed by atoms with Gasteiger partial charge in [0.1, 0.15) is 13.2 Å². The van der Waals surface area contributed by atoms with E-state index in [1.54, 1.807) is 0 Å². The van der Waals surface area contributed by atoms with Crippen LogP contribution in [-0.4, -0.2) is 37.2 Å². The van der Waals surface area contributed by atoms with Gasteiger partial charge >= 0.3 is 17.9 Å². The molecule has 0 spiro atoms. The van der Waals surface area contributed by atoms with Crippen LogP contribution in [0.25, 0.3) is 0 Å². The van der Waals surface area contributed by atoms with Gasteiger partial charge in [0.05, 0.1) is 0 Å². The number of carbonyl (C=O) groups excluding carboxylic acids is 3. The zero-order valence-electron chi connectivity index (χ0n) is 54.0. The highest BCUT2D eigenvalue weighted by Gasteiger charge is 2.19. The van der Waals surface area contributed by atoms with E-state index in [1.165, 1.54) is 180 Å². The van der Waals surface area contributed by atoms with E-state index in [2.05, 4.69) is 130 Å². The highest BCUT2D eigenvalue weighted by atomic mass is 16.6. The van der Waals surface area contributed by atoms with E-state index >= 15 is 0 Å². The fraction of sp³-hybridized carbons (Fsp3) is 0.724. The van der Waals surface area contributed by atoms with Gasteiger partial charge in [0.25, 0.3) is 0 Å². The number of unbranched alkanes of at least 4 members (excludes halogenated alkanes) is 34. The van der Waals surface area contributed by atoms with Gasteiger partial charge in [-0.05, 0) is 109 Å². The summed E-state index contributed by atoms with van der Waals surface area (Å²) in [7, 11) is 0.